The van der Waals surface area contributed by atoms with Crippen LogP contribution in [0.2, 0.25) is 0 Å². The molecule has 2 aromatic heterocycles. The summed E-state index contributed by atoms with van der Waals surface area (Å²) in [5.74, 6) is 1.53. The number of hydrogen-bond acceptors (Lipinski definition) is 5. The van der Waals surface area contributed by atoms with Crippen LogP contribution in [0, 0.1) is 0 Å². The summed E-state index contributed by atoms with van der Waals surface area (Å²) in [7, 11) is 1.66. The molecule has 1 N–H and O–H groups in total. The number of rotatable bonds is 6. The van der Waals surface area contributed by atoms with E-state index >= 15 is 0 Å². The van der Waals surface area contributed by atoms with Crippen LogP contribution in [0.5, 0.6) is 5.75 Å². The minimum atomic E-state index is 0.714. The second-order valence-electron chi connectivity index (χ2n) is 5.61. The maximum Gasteiger partial charge on any atom is 0.166 e. The zero-order chi connectivity index (χ0) is 17.1. The number of nitrogens with zero attached hydrogens (tertiary/aromatic N) is 4. The highest BCUT2D eigenvalue weighted by Crippen LogP contribution is 2.24. The molecular weight excluding hydrogens is 334 g/mol. The highest BCUT2D eigenvalue weighted by molar-refractivity contribution is 7.98. The predicted octanol–water partition coefficient (Wildman–Crippen LogP) is 3.50. The monoisotopic (exact) mass is 351 g/mol. The fourth-order valence-corrected chi connectivity index (χ4v) is 3.32. The van der Waals surface area contributed by atoms with E-state index in [0.29, 0.717) is 5.75 Å². The molecule has 0 aliphatic rings. The lowest BCUT2D eigenvalue weighted by atomic mass is 10.2. The second kappa shape index (κ2) is 6.98. The third-order valence-electron chi connectivity index (χ3n) is 3.80. The van der Waals surface area contributed by atoms with Gasteiger partial charge in [-0.1, -0.05) is 47.3 Å². The smallest absolute Gasteiger partial charge is 0.166 e. The third kappa shape index (κ3) is 3.66. The fraction of sp³-hybridized carbons (Fsp3) is 0.167. The first-order valence-electron chi connectivity index (χ1n) is 7.89. The van der Waals surface area contributed by atoms with Gasteiger partial charge in [0, 0.05) is 18.0 Å². The van der Waals surface area contributed by atoms with Crippen molar-refractivity contribution in [3.05, 3.63) is 66.0 Å². The van der Waals surface area contributed by atoms with Gasteiger partial charge in [0.25, 0.3) is 0 Å². The summed E-state index contributed by atoms with van der Waals surface area (Å²) in [5, 5.41) is 9.30. The van der Waals surface area contributed by atoms with Crippen LogP contribution < -0.4 is 4.74 Å². The number of benzene rings is 2. The van der Waals surface area contributed by atoms with Crippen LogP contribution in [0.4, 0.5) is 0 Å². The van der Waals surface area contributed by atoms with Gasteiger partial charge >= 0.3 is 0 Å². The third-order valence-corrected chi connectivity index (χ3v) is 4.70. The normalized spacial score (nSPS) is 11.1. The molecule has 7 heteroatoms. The van der Waals surface area contributed by atoms with Gasteiger partial charge in [-0.15, -0.1) is 5.10 Å². The first-order valence-corrected chi connectivity index (χ1v) is 8.88. The number of aromatic amines is 1. The van der Waals surface area contributed by atoms with E-state index in [-0.39, 0.29) is 0 Å². The largest absolute Gasteiger partial charge is 0.497 e. The Bertz CT molecular complexity index is 979. The summed E-state index contributed by atoms with van der Waals surface area (Å²) in [6.07, 6.45) is 1.98. The lowest BCUT2D eigenvalue weighted by Gasteiger charge is -1.99. The van der Waals surface area contributed by atoms with Crippen LogP contribution in [-0.4, -0.2) is 32.1 Å². The molecule has 0 spiro atoms. The zero-order valence-electron chi connectivity index (χ0n) is 13.7. The van der Waals surface area contributed by atoms with Crippen molar-refractivity contribution >= 4 is 22.8 Å². The molecule has 0 unspecified atom stereocenters. The minimum Gasteiger partial charge on any atom is -0.497 e. The van der Waals surface area contributed by atoms with Crippen LogP contribution in [0.15, 0.2) is 59.9 Å². The number of imidazole rings is 1. The molecule has 25 heavy (non-hydrogen) atoms. The summed E-state index contributed by atoms with van der Waals surface area (Å²) in [5.41, 5.74) is 4.03. The highest BCUT2D eigenvalue weighted by atomic mass is 32.2. The van der Waals surface area contributed by atoms with Crippen LogP contribution in [0.25, 0.3) is 11.0 Å². The van der Waals surface area contributed by atoms with Gasteiger partial charge in [-0.2, -0.15) is 0 Å². The van der Waals surface area contributed by atoms with Crippen molar-refractivity contribution in [2.24, 2.45) is 0 Å². The first kappa shape index (κ1) is 15.7. The van der Waals surface area contributed by atoms with E-state index in [2.05, 4.69) is 32.4 Å². The van der Waals surface area contributed by atoms with Gasteiger partial charge in [0.15, 0.2) is 5.16 Å². The van der Waals surface area contributed by atoms with Crippen LogP contribution in [0.1, 0.15) is 11.3 Å². The first-order chi connectivity index (χ1) is 12.3. The molecule has 2 heterocycles. The average molecular weight is 351 g/mol. The standard InChI is InChI=1S/C18H17N5OS/c1-24-15-7-8-16-17(9-15)20-18(19-16)25-12-14-11-23(22-21-14)10-13-5-3-2-4-6-13/h2-9,11H,10,12H2,1H3,(H,19,20). The predicted molar refractivity (Wildman–Crippen MR) is 97.8 cm³/mol. The van der Waals surface area contributed by atoms with Gasteiger partial charge < -0.3 is 9.72 Å². The van der Waals surface area contributed by atoms with Gasteiger partial charge in [0.1, 0.15) is 5.75 Å². The Morgan fingerprint density at radius 3 is 2.88 bits per heavy atom. The molecule has 0 aliphatic carbocycles. The number of fused-ring (bicyclic) bond motifs is 1. The molecular formula is C18H17N5OS. The van der Waals surface area contributed by atoms with Crippen molar-refractivity contribution in [1.82, 2.24) is 25.0 Å². The number of methoxy groups -OCH3 is 1. The molecule has 0 radical (unpaired) electrons. The highest BCUT2D eigenvalue weighted by Gasteiger charge is 2.07. The van der Waals surface area contributed by atoms with Crippen molar-refractivity contribution in [2.45, 2.75) is 17.5 Å². The summed E-state index contributed by atoms with van der Waals surface area (Å²) in [6.45, 7) is 0.725. The molecule has 0 amide bonds. The Morgan fingerprint density at radius 2 is 2.04 bits per heavy atom. The molecule has 126 valence electrons. The van der Waals surface area contributed by atoms with Crippen LogP contribution in [-0.2, 0) is 12.3 Å². The Labute approximate surface area is 149 Å². The Kier molecular flexibility index (Phi) is 4.39. The molecule has 0 saturated carbocycles. The zero-order valence-corrected chi connectivity index (χ0v) is 14.5. The summed E-state index contributed by atoms with van der Waals surface area (Å²) >= 11 is 1.61. The van der Waals surface area contributed by atoms with E-state index in [1.807, 2.05) is 47.3 Å². The van der Waals surface area contributed by atoms with Crippen molar-refractivity contribution in [2.75, 3.05) is 7.11 Å². The second-order valence-corrected chi connectivity index (χ2v) is 6.57. The molecule has 6 nitrogen and oxygen atoms in total. The van der Waals surface area contributed by atoms with Gasteiger partial charge in [0.05, 0.1) is 30.4 Å². The molecule has 0 bridgehead atoms. The minimum absolute atomic E-state index is 0.714. The van der Waals surface area contributed by atoms with Crippen LogP contribution >= 0.6 is 11.8 Å². The maximum absolute atomic E-state index is 5.24. The quantitative estimate of drug-likeness (QED) is 0.539. The van der Waals surface area contributed by atoms with Gasteiger partial charge in [-0.05, 0) is 17.7 Å². The van der Waals surface area contributed by atoms with Crippen molar-refractivity contribution < 1.29 is 4.74 Å². The maximum atomic E-state index is 5.24. The summed E-state index contributed by atoms with van der Waals surface area (Å²) in [4.78, 5) is 7.88. The molecule has 0 saturated heterocycles. The summed E-state index contributed by atoms with van der Waals surface area (Å²) in [6, 6.07) is 16.0. The van der Waals surface area contributed by atoms with Gasteiger partial charge in [0.2, 0.25) is 0 Å². The van der Waals surface area contributed by atoms with E-state index in [1.54, 1.807) is 18.9 Å². The lowest BCUT2D eigenvalue weighted by molar-refractivity contribution is 0.415. The molecule has 4 aromatic rings. The molecule has 4 rings (SSSR count). The Morgan fingerprint density at radius 1 is 1.16 bits per heavy atom. The molecule has 2 aromatic carbocycles. The summed E-state index contributed by atoms with van der Waals surface area (Å²) < 4.78 is 7.09. The molecule has 0 fully saturated rings. The van der Waals surface area contributed by atoms with Crippen molar-refractivity contribution in [3.63, 3.8) is 0 Å². The van der Waals surface area contributed by atoms with Crippen molar-refractivity contribution in [3.8, 4) is 5.75 Å². The van der Waals surface area contributed by atoms with Gasteiger partial charge in [-0.25, -0.2) is 9.67 Å². The molecule has 0 atom stereocenters. The van der Waals surface area contributed by atoms with E-state index in [9.17, 15) is 0 Å². The number of aromatic nitrogens is 5. The van der Waals surface area contributed by atoms with E-state index < -0.39 is 0 Å². The fourth-order valence-electron chi connectivity index (χ4n) is 2.56. The molecule has 0 aliphatic heterocycles. The van der Waals surface area contributed by atoms with Gasteiger partial charge in [-0.3, -0.25) is 0 Å². The number of hydrogen-bond donors (Lipinski definition) is 1. The topological polar surface area (TPSA) is 68.6 Å². The Hall–Kier alpha value is -2.80. The van der Waals surface area contributed by atoms with E-state index in [1.165, 1.54) is 5.56 Å². The number of nitrogens with one attached hydrogen (secondary N) is 1. The number of thioether (sulfide) groups is 1. The number of H-pyrrole nitrogens is 1. The lowest BCUT2D eigenvalue weighted by Crippen LogP contribution is -1.99. The van der Waals surface area contributed by atoms with Crippen LogP contribution in [0.3, 0.4) is 0 Å². The Balaban J connectivity index is 1.41. The van der Waals surface area contributed by atoms with Crippen molar-refractivity contribution in [1.29, 1.82) is 0 Å². The van der Waals surface area contributed by atoms with E-state index in [4.69, 9.17) is 4.74 Å². The number of ether oxygens (including phenoxy) is 1. The average Bonchev–Trinajstić information content (AvgIpc) is 3.26. The van der Waals surface area contributed by atoms with E-state index in [0.717, 1.165) is 34.2 Å². The SMILES string of the molecule is COc1ccc2nc(SCc3cn(Cc4ccccc4)nn3)[nH]c2c1.